The molecule has 0 radical (unpaired) electrons. The van der Waals surface area contributed by atoms with E-state index in [-0.39, 0.29) is 41.7 Å². The van der Waals surface area contributed by atoms with E-state index >= 15 is 0 Å². The van der Waals surface area contributed by atoms with Crippen molar-refractivity contribution in [1.29, 1.82) is 0 Å². The van der Waals surface area contributed by atoms with Crippen LogP contribution in [0.1, 0.15) is 83.1 Å². The average Bonchev–Trinajstić information content (AvgIpc) is 2.52. The third kappa shape index (κ3) is 207. The van der Waals surface area contributed by atoms with Crippen molar-refractivity contribution in [3.05, 3.63) is 61.2 Å². The summed E-state index contributed by atoms with van der Waals surface area (Å²) in [6.45, 7) is 19.6. The second-order valence-electron chi connectivity index (χ2n) is 10.5. The predicted octanol–water partition coefficient (Wildman–Crippen LogP) is 2.74. The van der Waals surface area contributed by atoms with E-state index in [1.165, 1.54) is 0 Å². The van der Waals surface area contributed by atoms with E-state index in [0.29, 0.717) is 0 Å². The van der Waals surface area contributed by atoms with Gasteiger partial charge in [0.15, 0.2) is 0 Å². The summed E-state index contributed by atoms with van der Waals surface area (Å²) < 4.78 is 0. The molecule has 0 aliphatic carbocycles. The normalized spacial score (nSPS) is 10.2. The van der Waals surface area contributed by atoms with Crippen LogP contribution in [0.25, 0.3) is 0 Å². The van der Waals surface area contributed by atoms with Crippen molar-refractivity contribution in [1.82, 2.24) is 9.97 Å². The van der Waals surface area contributed by atoms with Crippen LogP contribution in [0.15, 0.2) is 61.2 Å². The first-order valence-corrected chi connectivity index (χ1v) is 10.5. The Balaban J connectivity index is -0.0000000948. The van der Waals surface area contributed by atoms with Gasteiger partial charge in [-0.15, -0.1) is 22.4 Å². The first kappa shape index (κ1) is 42.7. The molecule has 0 aliphatic heterocycles. The van der Waals surface area contributed by atoms with Gasteiger partial charge in [0.05, 0.1) is 0 Å². The number of pyridine rings is 2. The second kappa shape index (κ2) is 23.3. The van der Waals surface area contributed by atoms with Crippen molar-refractivity contribution in [2.45, 2.75) is 105 Å². The van der Waals surface area contributed by atoms with E-state index in [4.69, 9.17) is 0 Å². The molecule has 0 fully saturated rings. The topological polar surface area (TPSA) is 118 Å². The standard InChI is InChI=1S/2C5H5N.4C4H9O.Ce/c2*1-2-4-6-5-3-1;4*1-4(2,3)5;/h2*1-5H;4*1-3H3;/q;;4*-1;+4. The van der Waals surface area contributed by atoms with Crippen LogP contribution in [-0.4, -0.2) is 32.4 Å². The molecule has 0 saturated carbocycles. The molecule has 0 N–H and O–H groups in total. The summed E-state index contributed by atoms with van der Waals surface area (Å²) >= 11 is 0. The van der Waals surface area contributed by atoms with Crippen LogP contribution in [0.3, 0.4) is 0 Å². The Kier molecular flexibility index (Phi) is 30.1. The SMILES string of the molecule is CC(C)(C)[O-].CC(C)(C)[O-].CC(C)(C)[O-].CC(C)(C)[O-].[Ce+4].c1ccncc1.c1ccncc1. The molecule has 0 amide bonds. The Hall–Kier alpha value is -0.483. The van der Waals surface area contributed by atoms with E-state index in [1.54, 1.807) is 108 Å². The van der Waals surface area contributed by atoms with Crippen molar-refractivity contribution in [3.8, 4) is 0 Å². The fourth-order valence-corrected chi connectivity index (χ4v) is 0.625. The van der Waals surface area contributed by atoms with Gasteiger partial charge in [0.2, 0.25) is 0 Å². The van der Waals surface area contributed by atoms with Gasteiger partial charge in [-0.1, -0.05) is 95.2 Å². The van der Waals surface area contributed by atoms with Crippen LogP contribution in [0.4, 0.5) is 0 Å². The molecular weight excluding hydrogens is 544 g/mol. The second-order valence-corrected chi connectivity index (χ2v) is 10.5. The molecule has 2 aromatic heterocycles. The Morgan fingerprint density at radius 1 is 0.364 bits per heavy atom. The van der Waals surface area contributed by atoms with Crippen molar-refractivity contribution in [2.75, 3.05) is 0 Å². The quantitative estimate of drug-likeness (QED) is 0.466. The molecule has 6 nitrogen and oxygen atoms in total. The molecule has 0 atom stereocenters. The molecule has 33 heavy (non-hydrogen) atoms. The van der Waals surface area contributed by atoms with Crippen molar-refractivity contribution in [2.24, 2.45) is 0 Å². The van der Waals surface area contributed by atoms with Gasteiger partial charge in [0, 0.05) is 24.8 Å². The van der Waals surface area contributed by atoms with E-state index < -0.39 is 22.4 Å². The predicted molar refractivity (Wildman–Crippen MR) is 127 cm³/mol. The van der Waals surface area contributed by atoms with Gasteiger partial charge in [0.25, 0.3) is 0 Å². The summed E-state index contributed by atoms with van der Waals surface area (Å²) in [6.07, 6.45) is 7.00. The van der Waals surface area contributed by atoms with Gasteiger partial charge in [-0.2, -0.15) is 0 Å². The third-order valence-electron chi connectivity index (χ3n) is 1.13. The maximum atomic E-state index is 10.1. The zero-order chi connectivity index (χ0) is 26.5. The third-order valence-corrected chi connectivity index (χ3v) is 1.13. The monoisotopic (exact) mass is 590 g/mol. The minimum Gasteiger partial charge on any atom is -0.850 e. The van der Waals surface area contributed by atoms with Gasteiger partial charge in [-0.25, -0.2) is 0 Å². The Morgan fingerprint density at radius 3 is 0.515 bits per heavy atom. The van der Waals surface area contributed by atoms with E-state index in [2.05, 4.69) is 9.97 Å². The van der Waals surface area contributed by atoms with Crippen molar-refractivity contribution in [3.63, 3.8) is 0 Å². The maximum absolute atomic E-state index is 10.1. The van der Waals surface area contributed by atoms with Gasteiger partial charge in [-0.05, 0) is 24.3 Å². The molecule has 0 bridgehead atoms. The van der Waals surface area contributed by atoms with Crippen LogP contribution in [0.2, 0.25) is 0 Å². The summed E-state index contributed by atoms with van der Waals surface area (Å²) in [6, 6.07) is 11.4. The number of nitrogens with zero attached hydrogens (tertiary/aromatic N) is 2. The Bertz CT molecular complexity index is 429. The maximum Gasteiger partial charge on any atom is 4.00 e. The molecule has 0 aromatic carbocycles. The smallest absolute Gasteiger partial charge is 0.850 e. The van der Waals surface area contributed by atoms with E-state index in [9.17, 15) is 20.4 Å². The summed E-state index contributed by atoms with van der Waals surface area (Å²) in [5.41, 5.74) is -3.00. The molecule has 0 spiro atoms. The van der Waals surface area contributed by atoms with Crippen LogP contribution in [0, 0.1) is 41.7 Å². The molecule has 0 aliphatic rings. The zero-order valence-electron chi connectivity index (χ0n) is 22.8. The number of aromatic nitrogens is 2. The minimum absolute atomic E-state index is 0. The average molecular weight is 591 g/mol. The first-order chi connectivity index (χ1) is 14.0. The molecule has 7 heteroatoms. The van der Waals surface area contributed by atoms with E-state index in [1.807, 2.05) is 36.4 Å². The first-order valence-electron chi connectivity index (χ1n) is 10.5. The van der Waals surface area contributed by atoms with Crippen LogP contribution < -0.4 is 20.4 Å². The van der Waals surface area contributed by atoms with Crippen molar-refractivity contribution < 1.29 is 62.2 Å². The minimum atomic E-state index is -0.750. The van der Waals surface area contributed by atoms with Gasteiger partial charge in [0.1, 0.15) is 0 Å². The van der Waals surface area contributed by atoms with Gasteiger partial charge >= 0.3 is 41.7 Å². The number of hydrogen-bond acceptors (Lipinski definition) is 6. The molecule has 2 heterocycles. The van der Waals surface area contributed by atoms with Gasteiger partial charge in [-0.3, -0.25) is 9.97 Å². The summed E-state index contributed by atoms with van der Waals surface area (Å²) in [7, 11) is 0. The molecule has 188 valence electrons. The number of hydrogen-bond donors (Lipinski definition) is 0. The van der Waals surface area contributed by atoms with E-state index in [0.717, 1.165) is 0 Å². The number of rotatable bonds is 0. The summed E-state index contributed by atoms with van der Waals surface area (Å²) in [5.74, 6) is 0. The largest absolute Gasteiger partial charge is 4.00 e. The summed E-state index contributed by atoms with van der Waals surface area (Å²) in [4.78, 5) is 7.57. The molecule has 0 unspecified atom stereocenters. The van der Waals surface area contributed by atoms with Crippen LogP contribution in [-0.2, 0) is 0 Å². The molecule has 0 saturated heterocycles. The van der Waals surface area contributed by atoms with Crippen molar-refractivity contribution >= 4 is 0 Å². The Labute approximate surface area is 237 Å². The molecular formula is C26H46CeN2O4. The Morgan fingerprint density at radius 2 is 0.485 bits per heavy atom. The van der Waals surface area contributed by atoms with Gasteiger partial charge < -0.3 is 20.4 Å². The fraction of sp³-hybridized carbons (Fsp3) is 0.615. The van der Waals surface area contributed by atoms with Crippen LogP contribution >= 0.6 is 0 Å². The molecule has 2 aromatic rings. The summed E-state index contributed by atoms with van der Waals surface area (Å²) in [5, 5.41) is 40.4. The zero-order valence-corrected chi connectivity index (χ0v) is 25.9. The fourth-order valence-electron chi connectivity index (χ4n) is 0.625. The molecule has 2 rings (SSSR count). The van der Waals surface area contributed by atoms with Crippen LogP contribution in [0.5, 0.6) is 0 Å².